The predicted octanol–water partition coefficient (Wildman–Crippen LogP) is 2.16. The summed E-state index contributed by atoms with van der Waals surface area (Å²) < 4.78 is 3.95. The van der Waals surface area contributed by atoms with Crippen LogP contribution < -0.4 is 5.73 Å². The Bertz CT molecular complexity index is 671. The van der Waals surface area contributed by atoms with Crippen LogP contribution in [0.5, 0.6) is 0 Å². The van der Waals surface area contributed by atoms with Crippen molar-refractivity contribution in [2.75, 3.05) is 5.73 Å². The lowest BCUT2D eigenvalue weighted by molar-refractivity contribution is 0.768. The first-order chi connectivity index (χ1) is 8.18. The van der Waals surface area contributed by atoms with Gasteiger partial charge in [0.15, 0.2) is 0 Å². The molecule has 2 N–H and O–H groups in total. The number of nitrogens with two attached hydrogens (primary N) is 1. The molecule has 0 aliphatic rings. The van der Waals surface area contributed by atoms with Crippen LogP contribution >= 0.6 is 0 Å². The topological polar surface area (TPSA) is 48.8 Å². The van der Waals surface area contributed by atoms with Crippen molar-refractivity contribution in [1.29, 1.82) is 0 Å². The molecule has 2 heterocycles. The second-order valence-electron chi connectivity index (χ2n) is 4.22. The lowest BCUT2D eigenvalue weighted by atomic mass is 10.2. The van der Waals surface area contributed by atoms with Crippen LogP contribution in [0.4, 0.5) is 5.69 Å². The Morgan fingerprint density at radius 3 is 2.59 bits per heavy atom. The molecule has 3 rings (SSSR count). The summed E-state index contributed by atoms with van der Waals surface area (Å²) in [6, 6.07) is 10.4. The van der Waals surface area contributed by atoms with Gasteiger partial charge in [0.25, 0.3) is 0 Å². The zero-order valence-electron chi connectivity index (χ0n) is 9.88. The highest BCUT2D eigenvalue weighted by Crippen LogP contribution is 2.30. The number of aromatic nitrogens is 3. The molecule has 0 amide bonds. The Kier molecular flexibility index (Phi) is 1.98. The Labute approximate surface area is 99.3 Å². The maximum absolute atomic E-state index is 5.97. The van der Waals surface area contributed by atoms with Crippen molar-refractivity contribution in [3.8, 4) is 11.4 Å². The SMILES string of the molecule is Cn1ncc(N)c1-c1cc2ccccc2n1C. The molecular formula is C13H14N4. The molecule has 1 aromatic carbocycles. The molecule has 0 saturated carbocycles. The molecule has 4 heteroatoms. The highest BCUT2D eigenvalue weighted by molar-refractivity contribution is 5.88. The van der Waals surface area contributed by atoms with Gasteiger partial charge in [-0.3, -0.25) is 4.68 Å². The lowest BCUT2D eigenvalue weighted by Crippen LogP contribution is -2.00. The number of anilines is 1. The summed E-state index contributed by atoms with van der Waals surface area (Å²) in [7, 11) is 3.95. The second-order valence-corrected chi connectivity index (χ2v) is 4.22. The summed E-state index contributed by atoms with van der Waals surface area (Å²) in [5.74, 6) is 0. The van der Waals surface area contributed by atoms with Gasteiger partial charge in [-0.05, 0) is 12.1 Å². The van der Waals surface area contributed by atoms with Crippen LogP contribution in [0, 0.1) is 0 Å². The first kappa shape index (κ1) is 9.96. The zero-order chi connectivity index (χ0) is 12.0. The molecule has 0 atom stereocenters. The average molecular weight is 226 g/mol. The third kappa shape index (κ3) is 1.34. The van der Waals surface area contributed by atoms with Crippen LogP contribution in [0.2, 0.25) is 0 Å². The highest BCUT2D eigenvalue weighted by Gasteiger charge is 2.13. The van der Waals surface area contributed by atoms with Crippen LogP contribution in [-0.2, 0) is 14.1 Å². The molecule has 0 radical (unpaired) electrons. The maximum Gasteiger partial charge on any atom is 0.107 e. The monoisotopic (exact) mass is 226 g/mol. The van der Waals surface area contributed by atoms with Gasteiger partial charge in [-0.15, -0.1) is 0 Å². The van der Waals surface area contributed by atoms with Crippen molar-refractivity contribution in [3.63, 3.8) is 0 Å². The summed E-state index contributed by atoms with van der Waals surface area (Å²) in [6.07, 6.45) is 1.69. The Hall–Kier alpha value is -2.23. The van der Waals surface area contributed by atoms with Crippen LogP contribution in [0.25, 0.3) is 22.3 Å². The predicted molar refractivity (Wildman–Crippen MR) is 69.5 cm³/mol. The van der Waals surface area contributed by atoms with Crippen molar-refractivity contribution in [3.05, 3.63) is 36.5 Å². The molecular weight excluding hydrogens is 212 g/mol. The van der Waals surface area contributed by atoms with Gasteiger partial charge in [0, 0.05) is 25.0 Å². The average Bonchev–Trinajstić information content (AvgIpc) is 2.82. The highest BCUT2D eigenvalue weighted by atomic mass is 15.3. The third-order valence-electron chi connectivity index (χ3n) is 3.16. The molecule has 0 aliphatic carbocycles. The number of hydrogen-bond donors (Lipinski definition) is 1. The first-order valence-electron chi connectivity index (χ1n) is 5.51. The van der Waals surface area contributed by atoms with Gasteiger partial charge in [0.05, 0.1) is 17.6 Å². The van der Waals surface area contributed by atoms with E-state index < -0.39 is 0 Å². The van der Waals surface area contributed by atoms with Gasteiger partial charge in [-0.25, -0.2) is 0 Å². The quantitative estimate of drug-likeness (QED) is 0.691. The Morgan fingerprint density at radius 1 is 1.18 bits per heavy atom. The number of fused-ring (bicyclic) bond motifs is 1. The largest absolute Gasteiger partial charge is 0.396 e. The van der Waals surface area contributed by atoms with Gasteiger partial charge in [-0.1, -0.05) is 18.2 Å². The van der Waals surface area contributed by atoms with Crippen LogP contribution in [0.3, 0.4) is 0 Å². The molecule has 0 fully saturated rings. The first-order valence-corrected chi connectivity index (χ1v) is 5.51. The molecule has 0 unspecified atom stereocenters. The molecule has 0 saturated heterocycles. The van der Waals surface area contributed by atoms with E-state index in [0.29, 0.717) is 5.69 Å². The summed E-state index contributed by atoms with van der Waals surface area (Å²) in [5, 5.41) is 5.40. The van der Waals surface area contributed by atoms with Crippen LogP contribution in [0.15, 0.2) is 36.5 Å². The van der Waals surface area contributed by atoms with E-state index in [0.717, 1.165) is 11.4 Å². The van der Waals surface area contributed by atoms with Gasteiger partial charge in [-0.2, -0.15) is 5.10 Å². The van der Waals surface area contributed by atoms with Crippen LogP contribution in [-0.4, -0.2) is 14.3 Å². The van der Waals surface area contributed by atoms with Crippen LogP contribution in [0.1, 0.15) is 0 Å². The molecule has 2 aromatic heterocycles. The van der Waals surface area contributed by atoms with Crippen molar-refractivity contribution in [1.82, 2.24) is 14.3 Å². The molecule has 0 bridgehead atoms. The van der Waals surface area contributed by atoms with E-state index in [1.807, 2.05) is 30.9 Å². The zero-order valence-corrected chi connectivity index (χ0v) is 9.88. The van der Waals surface area contributed by atoms with Gasteiger partial charge in [0.1, 0.15) is 5.69 Å². The Balaban J connectivity index is 2.35. The van der Waals surface area contributed by atoms with Crippen molar-refractivity contribution in [2.45, 2.75) is 0 Å². The van der Waals surface area contributed by atoms with Gasteiger partial charge >= 0.3 is 0 Å². The fourth-order valence-corrected chi connectivity index (χ4v) is 2.28. The number of rotatable bonds is 1. The number of nitrogens with zero attached hydrogens (tertiary/aromatic N) is 3. The molecule has 4 nitrogen and oxygen atoms in total. The molecule has 86 valence electrons. The Morgan fingerprint density at radius 2 is 1.94 bits per heavy atom. The van der Waals surface area contributed by atoms with Crippen molar-refractivity contribution < 1.29 is 0 Å². The van der Waals surface area contributed by atoms with E-state index in [9.17, 15) is 0 Å². The van der Waals surface area contributed by atoms with E-state index in [-0.39, 0.29) is 0 Å². The number of hydrogen-bond acceptors (Lipinski definition) is 2. The number of aryl methyl sites for hydroxylation is 2. The van der Waals surface area contributed by atoms with Gasteiger partial charge < -0.3 is 10.3 Å². The third-order valence-corrected chi connectivity index (χ3v) is 3.16. The second kappa shape index (κ2) is 3.38. The minimum atomic E-state index is 0.707. The van der Waals surface area contributed by atoms with E-state index >= 15 is 0 Å². The maximum atomic E-state index is 5.97. The number of benzene rings is 1. The summed E-state index contributed by atoms with van der Waals surface area (Å²) in [6.45, 7) is 0. The summed E-state index contributed by atoms with van der Waals surface area (Å²) >= 11 is 0. The lowest BCUT2D eigenvalue weighted by Gasteiger charge is -2.05. The fourth-order valence-electron chi connectivity index (χ4n) is 2.28. The van der Waals surface area contributed by atoms with E-state index in [4.69, 9.17) is 5.73 Å². The minimum Gasteiger partial charge on any atom is -0.396 e. The number of para-hydroxylation sites is 1. The van der Waals surface area contributed by atoms with Crippen molar-refractivity contribution >= 4 is 16.6 Å². The summed E-state index contributed by atoms with van der Waals surface area (Å²) in [4.78, 5) is 0. The van der Waals surface area contributed by atoms with E-state index in [1.54, 1.807) is 6.20 Å². The van der Waals surface area contributed by atoms with E-state index in [2.05, 4.69) is 27.9 Å². The summed E-state index contributed by atoms with van der Waals surface area (Å²) in [5.41, 5.74) is 9.92. The fraction of sp³-hybridized carbons (Fsp3) is 0.154. The smallest absolute Gasteiger partial charge is 0.107 e. The van der Waals surface area contributed by atoms with Crippen molar-refractivity contribution in [2.24, 2.45) is 14.1 Å². The molecule has 3 aromatic rings. The normalized spacial score (nSPS) is 11.2. The molecule has 0 aliphatic heterocycles. The molecule has 0 spiro atoms. The van der Waals surface area contributed by atoms with Gasteiger partial charge in [0.2, 0.25) is 0 Å². The minimum absolute atomic E-state index is 0.707. The standard InChI is InChI=1S/C13H14N4/c1-16-11-6-4-3-5-9(11)7-12(16)13-10(14)8-15-17(13)2/h3-8H,14H2,1-2H3. The number of nitrogen functional groups attached to an aromatic ring is 1. The van der Waals surface area contributed by atoms with E-state index in [1.165, 1.54) is 10.9 Å². The molecule has 17 heavy (non-hydrogen) atoms.